The third kappa shape index (κ3) is 5.13. The van der Waals surface area contributed by atoms with Crippen molar-refractivity contribution in [3.8, 4) is 0 Å². The Bertz CT molecular complexity index is 929. The Morgan fingerprint density at radius 3 is 2.31 bits per heavy atom. The van der Waals surface area contributed by atoms with Crippen LogP contribution in [0.1, 0.15) is 24.8 Å². The summed E-state index contributed by atoms with van der Waals surface area (Å²) in [6.45, 7) is 3.49. The number of carbonyl (C=O) groups is 1. The molecule has 2 amide bonds. The topological polar surface area (TPSA) is 69.7 Å². The van der Waals surface area contributed by atoms with Crippen LogP contribution in [0.15, 0.2) is 59.5 Å². The van der Waals surface area contributed by atoms with Gasteiger partial charge in [-0.15, -0.1) is 0 Å². The summed E-state index contributed by atoms with van der Waals surface area (Å²) in [6.07, 6.45) is 0.817. The lowest BCUT2D eigenvalue weighted by Gasteiger charge is -2.34. The zero-order valence-corrected chi connectivity index (χ0v) is 17.2. The molecule has 0 radical (unpaired) electrons. The molecular weight excluding hydrogens is 393 g/mol. The minimum Gasteiger partial charge on any atom is -0.338 e. The number of hydrogen-bond acceptors (Lipinski definition) is 3. The first-order chi connectivity index (χ1) is 13.9. The van der Waals surface area contributed by atoms with E-state index in [0.717, 1.165) is 12.5 Å². The van der Waals surface area contributed by atoms with Crippen LogP contribution in [-0.2, 0) is 10.0 Å². The van der Waals surface area contributed by atoms with E-state index in [4.69, 9.17) is 0 Å². The maximum Gasteiger partial charge on any atom is 0.317 e. The van der Waals surface area contributed by atoms with Gasteiger partial charge in [0.25, 0.3) is 0 Å². The average molecular weight is 420 g/mol. The lowest BCUT2D eigenvalue weighted by Crippen LogP contribution is -2.53. The maximum absolute atomic E-state index is 13.9. The van der Waals surface area contributed by atoms with Crippen LogP contribution in [0, 0.1) is 5.82 Å². The molecule has 1 aliphatic heterocycles. The molecule has 3 rings (SSSR count). The molecule has 1 aliphatic rings. The van der Waals surface area contributed by atoms with Gasteiger partial charge in [-0.25, -0.2) is 17.6 Å². The normalized spacial score (nSPS) is 16.4. The second kappa shape index (κ2) is 9.37. The van der Waals surface area contributed by atoms with E-state index >= 15 is 0 Å². The Kier molecular flexibility index (Phi) is 6.87. The zero-order chi connectivity index (χ0) is 20.9. The number of benzene rings is 2. The molecule has 1 fully saturated rings. The third-order valence-corrected chi connectivity index (χ3v) is 7.13. The van der Waals surface area contributed by atoms with Crippen LogP contribution in [-0.4, -0.2) is 56.4 Å². The Hall–Kier alpha value is -2.45. The summed E-state index contributed by atoms with van der Waals surface area (Å²) in [4.78, 5) is 13.7. The monoisotopic (exact) mass is 419 g/mol. The van der Waals surface area contributed by atoms with Gasteiger partial charge in [-0.3, -0.25) is 0 Å². The predicted octanol–water partition coefficient (Wildman–Crippen LogP) is 3.04. The quantitative estimate of drug-likeness (QED) is 0.783. The Morgan fingerprint density at radius 2 is 1.66 bits per heavy atom. The molecule has 0 bridgehead atoms. The Labute approximate surface area is 171 Å². The minimum atomic E-state index is -3.90. The summed E-state index contributed by atoms with van der Waals surface area (Å²) in [5.74, 6) is -0.431. The Morgan fingerprint density at radius 1 is 1.03 bits per heavy atom. The largest absolute Gasteiger partial charge is 0.338 e. The number of sulfonamides is 1. The van der Waals surface area contributed by atoms with Crippen molar-refractivity contribution < 1.29 is 17.6 Å². The van der Waals surface area contributed by atoms with Crippen molar-refractivity contribution in [1.82, 2.24) is 14.5 Å². The molecule has 1 saturated heterocycles. The van der Waals surface area contributed by atoms with E-state index in [-0.39, 0.29) is 37.1 Å². The lowest BCUT2D eigenvalue weighted by molar-refractivity contribution is 0.172. The molecule has 2 aromatic carbocycles. The van der Waals surface area contributed by atoms with Gasteiger partial charge in [-0.1, -0.05) is 49.4 Å². The number of halogens is 1. The smallest absolute Gasteiger partial charge is 0.317 e. The van der Waals surface area contributed by atoms with Gasteiger partial charge < -0.3 is 10.2 Å². The minimum absolute atomic E-state index is 0.143. The number of amides is 2. The maximum atomic E-state index is 13.9. The summed E-state index contributed by atoms with van der Waals surface area (Å²) in [7, 11) is -3.90. The van der Waals surface area contributed by atoms with Gasteiger partial charge in [0.15, 0.2) is 0 Å². The number of rotatable bonds is 6. The van der Waals surface area contributed by atoms with E-state index in [0.29, 0.717) is 12.5 Å². The van der Waals surface area contributed by atoms with Crippen molar-refractivity contribution in [2.24, 2.45) is 0 Å². The predicted molar refractivity (Wildman–Crippen MR) is 110 cm³/mol. The summed E-state index contributed by atoms with van der Waals surface area (Å²) >= 11 is 0. The van der Waals surface area contributed by atoms with E-state index in [9.17, 15) is 17.6 Å². The van der Waals surface area contributed by atoms with Gasteiger partial charge >= 0.3 is 6.03 Å². The van der Waals surface area contributed by atoms with Crippen LogP contribution < -0.4 is 5.32 Å². The molecule has 8 heteroatoms. The van der Waals surface area contributed by atoms with Crippen molar-refractivity contribution in [1.29, 1.82) is 0 Å². The number of nitrogens with one attached hydrogen (secondary N) is 1. The molecule has 1 heterocycles. The van der Waals surface area contributed by atoms with Crippen molar-refractivity contribution in [2.75, 3.05) is 32.7 Å². The molecule has 0 aliphatic carbocycles. The van der Waals surface area contributed by atoms with Crippen molar-refractivity contribution in [3.63, 3.8) is 0 Å². The van der Waals surface area contributed by atoms with Crippen LogP contribution in [0.3, 0.4) is 0 Å². The van der Waals surface area contributed by atoms with Crippen LogP contribution in [0.25, 0.3) is 0 Å². The molecule has 156 valence electrons. The fourth-order valence-electron chi connectivity index (χ4n) is 3.38. The van der Waals surface area contributed by atoms with E-state index in [1.807, 2.05) is 18.2 Å². The number of piperazine rings is 1. The number of urea groups is 1. The number of carbonyl (C=O) groups excluding carboxylic acids is 1. The molecular formula is C21H26FN3O3S. The Balaban J connectivity index is 1.48. The first-order valence-corrected chi connectivity index (χ1v) is 11.2. The molecule has 2 aromatic rings. The second-order valence-corrected chi connectivity index (χ2v) is 9.06. The fourth-order valence-corrected chi connectivity index (χ4v) is 4.87. The van der Waals surface area contributed by atoms with Gasteiger partial charge in [0, 0.05) is 32.7 Å². The second-order valence-electron chi connectivity index (χ2n) is 7.15. The molecule has 0 saturated carbocycles. The van der Waals surface area contributed by atoms with Crippen LogP contribution >= 0.6 is 0 Å². The van der Waals surface area contributed by atoms with Crippen LogP contribution in [0.2, 0.25) is 0 Å². The van der Waals surface area contributed by atoms with Gasteiger partial charge in [-0.2, -0.15) is 4.31 Å². The van der Waals surface area contributed by atoms with E-state index in [1.165, 1.54) is 28.1 Å². The van der Waals surface area contributed by atoms with Gasteiger partial charge in [0.1, 0.15) is 10.7 Å². The molecule has 29 heavy (non-hydrogen) atoms. The zero-order valence-electron chi connectivity index (χ0n) is 16.4. The van der Waals surface area contributed by atoms with Crippen molar-refractivity contribution >= 4 is 16.1 Å². The molecule has 0 aromatic heterocycles. The highest BCUT2D eigenvalue weighted by molar-refractivity contribution is 7.89. The van der Waals surface area contributed by atoms with Gasteiger partial charge in [0.2, 0.25) is 10.0 Å². The molecule has 0 spiro atoms. The molecule has 1 atom stereocenters. The highest BCUT2D eigenvalue weighted by Crippen LogP contribution is 2.21. The van der Waals surface area contributed by atoms with Crippen molar-refractivity contribution in [2.45, 2.75) is 24.2 Å². The molecule has 6 nitrogen and oxygen atoms in total. The lowest BCUT2D eigenvalue weighted by atomic mass is 9.98. The molecule has 1 N–H and O–H groups in total. The first kappa shape index (κ1) is 21.3. The van der Waals surface area contributed by atoms with Crippen LogP contribution in [0.5, 0.6) is 0 Å². The summed E-state index contributed by atoms with van der Waals surface area (Å²) in [5, 5.41) is 2.91. The summed E-state index contributed by atoms with van der Waals surface area (Å²) < 4.78 is 40.4. The average Bonchev–Trinajstić information content (AvgIpc) is 2.74. The number of nitrogens with zero attached hydrogens (tertiary/aromatic N) is 2. The van der Waals surface area contributed by atoms with Gasteiger partial charge in [0.05, 0.1) is 0 Å². The highest BCUT2D eigenvalue weighted by atomic mass is 32.2. The van der Waals surface area contributed by atoms with E-state index in [2.05, 4.69) is 24.4 Å². The van der Waals surface area contributed by atoms with E-state index < -0.39 is 15.8 Å². The summed E-state index contributed by atoms with van der Waals surface area (Å²) in [5.41, 5.74) is 1.23. The summed E-state index contributed by atoms with van der Waals surface area (Å²) in [6, 6.07) is 15.3. The molecule has 1 unspecified atom stereocenters. The van der Waals surface area contributed by atoms with Crippen LogP contribution in [0.4, 0.5) is 9.18 Å². The van der Waals surface area contributed by atoms with E-state index in [1.54, 1.807) is 4.90 Å². The first-order valence-electron chi connectivity index (χ1n) is 9.72. The van der Waals surface area contributed by atoms with Gasteiger partial charge in [-0.05, 0) is 30.0 Å². The highest BCUT2D eigenvalue weighted by Gasteiger charge is 2.31. The number of hydrogen-bond donors (Lipinski definition) is 1. The van der Waals surface area contributed by atoms with Crippen molar-refractivity contribution in [3.05, 3.63) is 66.0 Å². The SMILES string of the molecule is CC(CCNC(=O)N1CCN(S(=O)(=O)c2ccccc2F)CC1)c1ccccc1. The third-order valence-electron chi connectivity index (χ3n) is 5.20. The standard InChI is InChI=1S/C21H26FN3O3S/c1-17(18-7-3-2-4-8-18)11-12-23-21(26)24-13-15-25(16-14-24)29(27,28)20-10-6-5-9-19(20)22/h2-10,17H,11-16H2,1H3,(H,23,26). The fraction of sp³-hybridized carbons (Fsp3) is 0.381.